The second-order valence-electron chi connectivity index (χ2n) is 16.5. The molecule has 0 aliphatic heterocycles. The van der Waals surface area contributed by atoms with E-state index in [9.17, 15) is 13.7 Å². The Labute approximate surface area is 425 Å². The van der Waals surface area contributed by atoms with Gasteiger partial charge in [-0.15, -0.1) is 0 Å². The molecule has 0 unspecified atom stereocenters. The van der Waals surface area contributed by atoms with Gasteiger partial charge in [0, 0.05) is 43.4 Å². The van der Waals surface area contributed by atoms with Crippen molar-refractivity contribution in [1.29, 1.82) is 0 Å². The molecule has 0 atom stereocenters. The van der Waals surface area contributed by atoms with Gasteiger partial charge in [0.2, 0.25) is 5.95 Å². The summed E-state index contributed by atoms with van der Waals surface area (Å²) in [6, 6.07) is 22.5. The van der Waals surface area contributed by atoms with E-state index in [-0.39, 0.29) is 11.8 Å². The fraction of sp³-hybridized carbons (Fsp3) is 0. The van der Waals surface area contributed by atoms with E-state index in [1.165, 1.54) is 0 Å². The van der Waals surface area contributed by atoms with Gasteiger partial charge < -0.3 is 4.40 Å². The minimum absolute atomic E-state index is 0.0384. The molecule has 0 radical (unpaired) electrons. The lowest BCUT2D eigenvalue weighted by atomic mass is 9.94. The Kier molecular flexibility index (Phi) is 5.57. The van der Waals surface area contributed by atoms with E-state index < -0.39 is 155 Å². The predicted molar refractivity (Wildman–Crippen MR) is 289 cm³/mol. The lowest BCUT2D eigenvalue weighted by Crippen LogP contribution is -2.74. The van der Waals surface area contributed by atoms with Gasteiger partial charge in [0.1, 0.15) is 0 Å². The number of para-hydroxylation sites is 4. The zero-order valence-corrected chi connectivity index (χ0v) is 36.9. The topological polar surface area (TPSA) is 48.0 Å². The largest absolute Gasteiger partial charge is 0.308 e. The zero-order chi connectivity index (χ0) is 62.0. The minimum atomic E-state index is -6.22. The van der Waals surface area contributed by atoms with Crippen LogP contribution in [0.25, 0.3) is 99.8 Å². The molecule has 6 heteroatoms. The Balaban J connectivity index is 1.16. The van der Waals surface area contributed by atoms with Crippen molar-refractivity contribution in [2.24, 2.45) is 0 Å². The normalized spacial score (nSPS) is 15.9. The van der Waals surface area contributed by atoms with E-state index in [1.54, 1.807) is 16.7 Å². The molecule has 0 amide bonds. The molecule has 10 aromatic carbocycles. The summed E-state index contributed by atoms with van der Waals surface area (Å²) in [5.41, 5.74) is 5.31. The van der Waals surface area contributed by atoms with Gasteiger partial charge in [-0.2, -0.15) is 9.97 Å². The standard InChI is InChI=1S/C63H41N5Si/c1-4-22-43(23-5-1)69(44-24-6-2-7-25-44,45-26-8-3-9-27-45)46-28-18-21-42(41-46)61-64-62(66-63(65-61)68-56-38-16-12-30-48(56)49-31-13-17-39-57(49)68)53-33-11-10-29-47(53)51-34-20-40-58-59(51)54-36-19-35-52-50-32-14-15-37-55(50)67(58)60(52)54/h1-41H/i1D,2D,3D,4D,5D,6D,7D,8D,9D,18D,21D,22D,23D,24D,25D,26D,27D,28D,41D. The Morgan fingerprint density at radius 2 is 0.841 bits per heavy atom. The Hall–Kier alpha value is -8.97. The number of hydrogen-bond acceptors (Lipinski definition) is 3. The molecule has 14 rings (SSSR count). The third-order valence-corrected chi connectivity index (χ3v) is 17.0. The first-order valence-electron chi connectivity index (χ1n) is 31.5. The maximum Gasteiger partial charge on any atom is 0.238 e. The van der Waals surface area contributed by atoms with Crippen molar-refractivity contribution in [3.05, 3.63) is 248 Å². The number of hydrogen-bond donors (Lipinski definition) is 0. The summed E-state index contributed by atoms with van der Waals surface area (Å²) in [6.07, 6.45) is 0. The number of aromatic nitrogens is 5. The number of fused-ring (bicyclic) bond motifs is 9. The summed E-state index contributed by atoms with van der Waals surface area (Å²) in [5.74, 6) is -0.619. The van der Waals surface area contributed by atoms with Crippen LogP contribution in [0.5, 0.6) is 0 Å². The monoisotopic (exact) mass is 914 g/mol. The van der Waals surface area contributed by atoms with Crippen LogP contribution < -0.4 is 20.7 Å². The summed E-state index contributed by atoms with van der Waals surface area (Å²) in [6.45, 7) is 0. The van der Waals surface area contributed by atoms with Crippen LogP contribution in [0.1, 0.15) is 26.0 Å². The van der Waals surface area contributed by atoms with Crippen LogP contribution in [0, 0.1) is 0 Å². The van der Waals surface area contributed by atoms with Gasteiger partial charge in [0.15, 0.2) is 19.7 Å². The smallest absolute Gasteiger partial charge is 0.238 e. The average Bonchev–Trinajstić information content (AvgIpc) is 0.759. The van der Waals surface area contributed by atoms with Crippen molar-refractivity contribution in [2.45, 2.75) is 0 Å². The van der Waals surface area contributed by atoms with Gasteiger partial charge in [-0.3, -0.25) is 4.57 Å². The van der Waals surface area contributed by atoms with Gasteiger partial charge in [-0.25, -0.2) is 4.98 Å². The van der Waals surface area contributed by atoms with Crippen LogP contribution >= 0.6 is 0 Å². The van der Waals surface area contributed by atoms with Crippen molar-refractivity contribution in [3.8, 4) is 39.9 Å². The molecule has 5 nitrogen and oxygen atoms in total. The van der Waals surface area contributed by atoms with Crippen LogP contribution in [0.15, 0.2) is 248 Å². The van der Waals surface area contributed by atoms with Crippen molar-refractivity contribution >= 4 is 88.7 Å². The molecule has 0 aliphatic carbocycles. The number of rotatable bonds is 8. The highest BCUT2D eigenvalue weighted by atomic mass is 28.3. The van der Waals surface area contributed by atoms with Gasteiger partial charge in [-0.05, 0) is 56.1 Å². The third-order valence-electron chi connectivity index (χ3n) is 13.0. The van der Waals surface area contributed by atoms with E-state index >= 15 is 0 Å². The highest BCUT2D eigenvalue weighted by Gasteiger charge is 2.41. The Morgan fingerprint density at radius 1 is 0.362 bits per heavy atom. The van der Waals surface area contributed by atoms with Gasteiger partial charge >= 0.3 is 0 Å². The fourth-order valence-corrected chi connectivity index (χ4v) is 13.7. The summed E-state index contributed by atoms with van der Waals surface area (Å²) < 4.78 is 183. The first-order chi connectivity index (χ1) is 42.1. The fourth-order valence-electron chi connectivity index (χ4n) is 10.2. The van der Waals surface area contributed by atoms with Crippen molar-refractivity contribution in [2.75, 3.05) is 0 Å². The van der Waals surface area contributed by atoms with E-state index in [4.69, 9.17) is 27.3 Å². The van der Waals surface area contributed by atoms with Gasteiger partial charge in [0.05, 0.1) is 53.6 Å². The second-order valence-corrected chi connectivity index (χ2v) is 20.0. The molecule has 0 saturated carbocycles. The molecular formula is C63H41N5Si. The molecule has 0 aliphatic rings. The lowest BCUT2D eigenvalue weighted by Gasteiger charge is -2.34. The molecule has 322 valence electrons. The van der Waals surface area contributed by atoms with Crippen LogP contribution in [0.2, 0.25) is 0 Å². The maximum atomic E-state index is 10.7. The predicted octanol–water partition coefficient (Wildman–Crippen LogP) is 12.5. The summed E-state index contributed by atoms with van der Waals surface area (Å²) in [7, 11) is -6.22. The molecule has 0 fully saturated rings. The van der Waals surface area contributed by atoms with Crippen molar-refractivity contribution in [1.82, 2.24) is 23.9 Å². The van der Waals surface area contributed by atoms with Crippen molar-refractivity contribution < 1.29 is 26.0 Å². The summed E-state index contributed by atoms with van der Waals surface area (Å²) >= 11 is 0. The first-order valence-corrected chi connectivity index (χ1v) is 24.0. The average molecular weight is 915 g/mol. The summed E-state index contributed by atoms with van der Waals surface area (Å²) in [5, 5.41) is 1.74. The van der Waals surface area contributed by atoms with E-state index in [0.29, 0.717) is 22.2 Å². The van der Waals surface area contributed by atoms with Crippen LogP contribution in [0.4, 0.5) is 0 Å². The van der Waals surface area contributed by atoms with Crippen LogP contribution in [0.3, 0.4) is 0 Å². The molecule has 14 aromatic rings. The third kappa shape index (κ3) is 5.86. The number of benzene rings is 10. The molecule has 0 bridgehead atoms. The molecule has 4 aromatic heterocycles. The number of nitrogens with zero attached hydrogens (tertiary/aromatic N) is 5. The molecule has 0 N–H and O–H groups in total. The molecule has 0 spiro atoms. The second kappa shape index (κ2) is 15.6. The molecule has 4 heterocycles. The Morgan fingerprint density at radius 3 is 1.49 bits per heavy atom. The summed E-state index contributed by atoms with van der Waals surface area (Å²) in [4.78, 5) is 15.4. The SMILES string of the molecule is [2H]c1c([2H])c([2H])c([Si](c2c([2H])c([2H])c([2H])c([2H])c2[2H])(c2c([2H])c([2H])c([2H])c([2H])c2[2H])c2c([2H])c([2H])c([2H])c(-c3nc(-c4ccccc4-c4cccc5c4c4cccc6c7ccccc7n5c64)nc(-n4c5ccccc5c5ccccc54)n3)c2[2H])c([2H])c1[2H]. The first kappa shape index (κ1) is 24.7. The Bertz CT molecular complexity index is 5130. The van der Waals surface area contributed by atoms with E-state index in [2.05, 4.69) is 34.7 Å². The zero-order valence-electron chi connectivity index (χ0n) is 54.9. The van der Waals surface area contributed by atoms with Crippen LogP contribution in [-0.4, -0.2) is 32.0 Å². The quantitative estimate of drug-likeness (QED) is 0.113. The van der Waals surface area contributed by atoms with Crippen LogP contribution in [-0.2, 0) is 0 Å². The van der Waals surface area contributed by atoms with Gasteiger partial charge in [0.25, 0.3) is 0 Å². The molecule has 0 saturated heterocycles. The van der Waals surface area contributed by atoms with E-state index in [1.807, 2.05) is 91.0 Å². The van der Waals surface area contributed by atoms with Gasteiger partial charge in [-0.1, -0.05) is 224 Å². The highest BCUT2D eigenvalue weighted by molar-refractivity contribution is 7.19. The highest BCUT2D eigenvalue weighted by Crippen LogP contribution is 2.44. The minimum Gasteiger partial charge on any atom is -0.308 e. The lowest BCUT2D eigenvalue weighted by molar-refractivity contribution is 0.954. The molecule has 69 heavy (non-hydrogen) atoms. The van der Waals surface area contributed by atoms with Crippen molar-refractivity contribution in [3.63, 3.8) is 0 Å². The molecular weight excluding hydrogens is 855 g/mol. The maximum absolute atomic E-state index is 10.7. The van der Waals surface area contributed by atoms with E-state index in [0.717, 1.165) is 54.4 Å².